The molecule has 32 heavy (non-hydrogen) atoms. The molecular formula is C20H21ClFN5O3S2. The molecule has 8 nitrogen and oxygen atoms in total. The van der Waals surface area contributed by atoms with Gasteiger partial charge in [0.2, 0.25) is 5.91 Å². The number of likely N-dealkylation sites (N-methyl/N-ethyl adjacent to an activating group) is 1. The first-order valence-corrected chi connectivity index (χ1v) is 12.3. The van der Waals surface area contributed by atoms with Crippen LogP contribution in [0.1, 0.15) is 23.0 Å². The second kappa shape index (κ2) is 8.56. The van der Waals surface area contributed by atoms with E-state index in [1.165, 1.54) is 30.5 Å². The van der Waals surface area contributed by atoms with Gasteiger partial charge in [0.15, 0.2) is 0 Å². The van der Waals surface area contributed by atoms with E-state index in [0.717, 1.165) is 31.4 Å². The second-order valence-corrected chi connectivity index (χ2v) is 10.8. The Kier molecular flexibility index (Phi) is 6.12. The fourth-order valence-corrected chi connectivity index (χ4v) is 6.28. The largest absolute Gasteiger partial charge is 0.325 e. The Labute approximate surface area is 194 Å². The lowest BCUT2D eigenvalue weighted by Gasteiger charge is -2.35. The van der Waals surface area contributed by atoms with Crippen LogP contribution in [0.5, 0.6) is 0 Å². The molecule has 12 heteroatoms. The Morgan fingerprint density at radius 3 is 2.72 bits per heavy atom. The summed E-state index contributed by atoms with van der Waals surface area (Å²) in [6.07, 6.45) is 2.14. The summed E-state index contributed by atoms with van der Waals surface area (Å²) in [5.74, 6) is -1.13. The predicted molar refractivity (Wildman–Crippen MR) is 122 cm³/mol. The molecule has 3 aromatic rings. The van der Waals surface area contributed by atoms with E-state index in [2.05, 4.69) is 15.1 Å². The van der Waals surface area contributed by atoms with Crippen LogP contribution >= 0.6 is 22.9 Å². The van der Waals surface area contributed by atoms with Crippen molar-refractivity contribution in [3.05, 3.63) is 57.9 Å². The summed E-state index contributed by atoms with van der Waals surface area (Å²) in [6, 6.07) is 6.04. The highest BCUT2D eigenvalue weighted by molar-refractivity contribution is 7.87. The lowest BCUT2D eigenvalue weighted by atomic mass is 10.1. The van der Waals surface area contributed by atoms with Crippen molar-refractivity contribution < 1.29 is 17.6 Å². The minimum atomic E-state index is -3.89. The molecule has 0 bridgehead atoms. The zero-order valence-corrected chi connectivity index (χ0v) is 19.9. The van der Waals surface area contributed by atoms with Crippen molar-refractivity contribution in [1.29, 1.82) is 0 Å². The van der Waals surface area contributed by atoms with Crippen LogP contribution in [0.25, 0.3) is 10.4 Å². The van der Waals surface area contributed by atoms with Gasteiger partial charge in [0.25, 0.3) is 10.2 Å². The number of thiophene rings is 1. The SMILES string of the molecule is Cc1nn(C)cc1-c1ccc(C2C[C@@H](C(=O)Nc3ccc(F)c(Cl)c3)N(C)S(=O)(=O)N2)s1. The van der Waals surface area contributed by atoms with Crippen molar-refractivity contribution in [2.75, 3.05) is 12.4 Å². The van der Waals surface area contributed by atoms with Crippen molar-refractivity contribution in [2.45, 2.75) is 25.4 Å². The smallest absolute Gasteiger partial charge is 0.280 e. The number of carbonyl (C=O) groups is 1. The number of nitrogens with one attached hydrogen (secondary N) is 2. The third kappa shape index (κ3) is 4.44. The van der Waals surface area contributed by atoms with Crippen molar-refractivity contribution in [1.82, 2.24) is 18.8 Å². The first-order chi connectivity index (χ1) is 15.0. The number of carbonyl (C=O) groups excluding carboxylic acids is 1. The first kappa shape index (κ1) is 22.9. The van der Waals surface area contributed by atoms with Gasteiger partial charge in [-0.3, -0.25) is 9.48 Å². The van der Waals surface area contributed by atoms with Gasteiger partial charge in [0.05, 0.1) is 16.8 Å². The fourth-order valence-electron chi connectivity index (χ4n) is 3.62. The highest BCUT2D eigenvalue weighted by atomic mass is 35.5. The van der Waals surface area contributed by atoms with Gasteiger partial charge in [-0.15, -0.1) is 11.3 Å². The van der Waals surface area contributed by atoms with Gasteiger partial charge in [-0.05, 0) is 43.7 Å². The second-order valence-electron chi connectivity index (χ2n) is 7.57. The molecule has 1 aromatic carbocycles. The van der Waals surface area contributed by atoms with Gasteiger partial charge >= 0.3 is 0 Å². The van der Waals surface area contributed by atoms with E-state index < -0.39 is 34.0 Å². The molecular weight excluding hydrogens is 477 g/mol. The average molecular weight is 498 g/mol. The number of halogens is 2. The van der Waals surface area contributed by atoms with Gasteiger partial charge in [0, 0.05) is 41.3 Å². The number of hydrogen-bond acceptors (Lipinski definition) is 5. The molecule has 2 atom stereocenters. The number of amides is 1. The van der Waals surface area contributed by atoms with Crippen molar-refractivity contribution in [3.63, 3.8) is 0 Å². The molecule has 4 rings (SSSR count). The molecule has 170 valence electrons. The molecule has 2 N–H and O–H groups in total. The van der Waals surface area contributed by atoms with Gasteiger partial charge in [0.1, 0.15) is 11.9 Å². The Balaban J connectivity index is 1.58. The van der Waals surface area contributed by atoms with E-state index in [0.29, 0.717) is 0 Å². The van der Waals surface area contributed by atoms with Crippen LogP contribution in [0.3, 0.4) is 0 Å². The molecule has 1 aliphatic heterocycles. The molecule has 2 aromatic heterocycles. The highest BCUT2D eigenvalue weighted by Gasteiger charge is 2.41. The lowest BCUT2D eigenvalue weighted by molar-refractivity contribution is -0.120. The Morgan fingerprint density at radius 1 is 1.31 bits per heavy atom. The Hall–Kier alpha value is -2.31. The summed E-state index contributed by atoms with van der Waals surface area (Å²) < 4.78 is 44.2. The van der Waals surface area contributed by atoms with Crippen LogP contribution in [0.4, 0.5) is 10.1 Å². The van der Waals surface area contributed by atoms with Crippen molar-refractivity contribution in [3.8, 4) is 10.4 Å². The zero-order valence-electron chi connectivity index (χ0n) is 17.5. The van der Waals surface area contributed by atoms with Gasteiger partial charge in [-0.25, -0.2) is 4.39 Å². The fraction of sp³-hybridized carbons (Fsp3) is 0.300. The highest BCUT2D eigenvalue weighted by Crippen LogP contribution is 2.37. The third-order valence-electron chi connectivity index (χ3n) is 5.31. The number of rotatable bonds is 4. The van der Waals surface area contributed by atoms with Crippen LogP contribution in [0, 0.1) is 12.7 Å². The maximum atomic E-state index is 13.4. The van der Waals surface area contributed by atoms with Crippen LogP contribution in [-0.4, -0.2) is 41.5 Å². The van der Waals surface area contributed by atoms with Crippen LogP contribution < -0.4 is 10.0 Å². The maximum absolute atomic E-state index is 13.4. The van der Waals surface area contributed by atoms with E-state index in [4.69, 9.17) is 11.6 Å². The summed E-state index contributed by atoms with van der Waals surface area (Å²) in [6.45, 7) is 1.91. The zero-order chi connectivity index (χ0) is 23.2. The summed E-state index contributed by atoms with van der Waals surface area (Å²) >= 11 is 7.23. The van der Waals surface area contributed by atoms with Gasteiger partial charge in [-0.1, -0.05) is 11.6 Å². The average Bonchev–Trinajstić information content (AvgIpc) is 3.32. The van der Waals surface area contributed by atoms with Crippen molar-refractivity contribution >= 4 is 44.7 Å². The minimum Gasteiger partial charge on any atom is -0.325 e. The van der Waals surface area contributed by atoms with E-state index in [1.807, 2.05) is 32.3 Å². The minimum absolute atomic E-state index is 0.135. The topological polar surface area (TPSA) is 96.3 Å². The summed E-state index contributed by atoms with van der Waals surface area (Å²) in [7, 11) is -0.705. The normalized spacial score (nSPS) is 20.9. The molecule has 0 radical (unpaired) electrons. The number of nitrogens with zero attached hydrogens (tertiary/aromatic N) is 3. The molecule has 0 saturated carbocycles. The van der Waals surface area contributed by atoms with E-state index in [1.54, 1.807) is 4.68 Å². The molecule has 1 aliphatic rings. The van der Waals surface area contributed by atoms with E-state index in [-0.39, 0.29) is 17.1 Å². The van der Waals surface area contributed by atoms with E-state index in [9.17, 15) is 17.6 Å². The Morgan fingerprint density at radius 2 is 2.06 bits per heavy atom. The molecule has 0 spiro atoms. The molecule has 1 fully saturated rings. The van der Waals surface area contributed by atoms with E-state index >= 15 is 0 Å². The van der Waals surface area contributed by atoms with Crippen LogP contribution in [0.15, 0.2) is 36.5 Å². The summed E-state index contributed by atoms with van der Waals surface area (Å²) in [4.78, 5) is 14.7. The quantitative estimate of drug-likeness (QED) is 0.577. The predicted octanol–water partition coefficient (Wildman–Crippen LogP) is 3.47. The number of hydrogen-bond donors (Lipinski definition) is 2. The third-order valence-corrected chi connectivity index (χ3v) is 8.42. The monoisotopic (exact) mass is 497 g/mol. The van der Waals surface area contributed by atoms with Gasteiger partial charge in [-0.2, -0.15) is 22.5 Å². The molecule has 1 unspecified atom stereocenters. The number of anilines is 1. The lowest BCUT2D eigenvalue weighted by Crippen LogP contribution is -2.55. The summed E-state index contributed by atoms with van der Waals surface area (Å²) in [5.41, 5.74) is 2.13. The molecule has 0 aliphatic carbocycles. The molecule has 3 heterocycles. The Bertz CT molecular complexity index is 1290. The number of aryl methyl sites for hydroxylation is 2. The van der Waals surface area contributed by atoms with Gasteiger partial charge < -0.3 is 5.32 Å². The standard InChI is InChI=1S/C20H21ClFN5O3S2/c1-11-13(10-26(2)24-11)18-6-7-19(31-18)16-9-17(27(3)32(29,30)25-16)20(28)23-12-4-5-15(22)14(21)8-12/h4-8,10,16-17,25H,9H2,1-3H3,(H,23,28)/t16?,17-/m0/s1. The summed E-state index contributed by atoms with van der Waals surface area (Å²) in [5, 5.41) is 6.84. The number of aromatic nitrogens is 2. The first-order valence-electron chi connectivity index (χ1n) is 9.66. The van der Waals surface area contributed by atoms with Crippen molar-refractivity contribution in [2.24, 2.45) is 7.05 Å². The number of benzene rings is 1. The molecule has 1 amide bonds. The molecule has 1 saturated heterocycles. The van der Waals surface area contributed by atoms with Crippen LogP contribution in [0.2, 0.25) is 5.02 Å². The van der Waals surface area contributed by atoms with Crippen LogP contribution in [-0.2, 0) is 22.1 Å². The maximum Gasteiger partial charge on any atom is 0.280 e.